The van der Waals surface area contributed by atoms with Crippen molar-refractivity contribution < 1.29 is 18.8 Å². The standard InChI is InChI=1S/C11H12N2O4S2/c1-7(14)15-4-5-18-17-16-8-2-3-9-10(6-8)19-11(12)13-9/h2-3,6H,4-5H2,1H3,(H2,12,13). The first-order chi connectivity index (χ1) is 9.15. The first-order valence-electron chi connectivity index (χ1n) is 5.41. The van der Waals surface area contributed by atoms with E-state index in [0.29, 0.717) is 16.6 Å². The van der Waals surface area contributed by atoms with E-state index in [1.54, 1.807) is 12.1 Å². The number of fused-ring (bicyclic) bond motifs is 1. The Balaban J connectivity index is 1.76. The van der Waals surface area contributed by atoms with E-state index >= 15 is 0 Å². The van der Waals surface area contributed by atoms with Crippen LogP contribution >= 0.6 is 23.4 Å². The molecule has 1 heterocycles. The highest BCUT2D eigenvalue weighted by atomic mass is 32.2. The van der Waals surface area contributed by atoms with Crippen molar-refractivity contribution >= 4 is 44.7 Å². The van der Waals surface area contributed by atoms with Crippen LogP contribution in [0, 0.1) is 0 Å². The first-order valence-corrected chi connectivity index (χ1v) is 7.13. The minimum Gasteiger partial charge on any atom is -0.465 e. The molecule has 2 N–H and O–H groups in total. The maximum absolute atomic E-state index is 10.5. The summed E-state index contributed by atoms with van der Waals surface area (Å²) in [6, 6.07) is 5.36. The van der Waals surface area contributed by atoms with Gasteiger partial charge in [0.15, 0.2) is 10.9 Å². The van der Waals surface area contributed by atoms with Gasteiger partial charge in [0.25, 0.3) is 0 Å². The molecule has 0 aliphatic carbocycles. The lowest BCUT2D eigenvalue weighted by Crippen LogP contribution is -2.03. The van der Waals surface area contributed by atoms with E-state index in [4.69, 9.17) is 19.7 Å². The summed E-state index contributed by atoms with van der Waals surface area (Å²) in [4.78, 5) is 19.7. The number of aromatic nitrogens is 1. The molecule has 0 saturated carbocycles. The van der Waals surface area contributed by atoms with E-state index in [1.807, 2.05) is 6.07 Å². The van der Waals surface area contributed by atoms with Crippen molar-refractivity contribution in [3.05, 3.63) is 18.2 Å². The fourth-order valence-electron chi connectivity index (χ4n) is 1.29. The van der Waals surface area contributed by atoms with Crippen molar-refractivity contribution in [3.63, 3.8) is 0 Å². The van der Waals surface area contributed by atoms with E-state index in [0.717, 1.165) is 22.3 Å². The van der Waals surface area contributed by atoms with Crippen LogP contribution in [0.5, 0.6) is 5.75 Å². The van der Waals surface area contributed by atoms with Crippen LogP contribution in [-0.4, -0.2) is 23.3 Å². The predicted octanol–water partition coefficient (Wildman–Crippen LogP) is 2.40. The maximum Gasteiger partial charge on any atom is 0.302 e. The van der Waals surface area contributed by atoms with Crippen molar-refractivity contribution in [3.8, 4) is 5.75 Å². The monoisotopic (exact) mass is 300 g/mol. The molecule has 2 aromatic rings. The molecular weight excluding hydrogens is 288 g/mol. The van der Waals surface area contributed by atoms with E-state index in [1.165, 1.54) is 18.3 Å². The van der Waals surface area contributed by atoms with Crippen molar-refractivity contribution in [1.29, 1.82) is 0 Å². The molecule has 1 aromatic heterocycles. The fraction of sp³-hybridized carbons (Fsp3) is 0.273. The molecule has 0 unspecified atom stereocenters. The minimum atomic E-state index is -0.310. The van der Waals surface area contributed by atoms with E-state index < -0.39 is 0 Å². The molecule has 0 amide bonds. The summed E-state index contributed by atoms with van der Waals surface area (Å²) < 4.78 is 10.6. The van der Waals surface area contributed by atoms with Crippen molar-refractivity contribution in [2.75, 3.05) is 18.1 Å². The molecule has 2 rings (SSSR count). The lowest BCUT2D eigenvalue weighted by Gasteiger charge is -2.03. The molecule has 0 aliphatic rings. The van der Waals surface area contributed by atoms with E-state index in [9.17, 15) is 4.79 Å². The van der Waals surface area contributed by atoms with Gasteiger partial charge in [-0.1, -0.05) is 11.3 Å². The van der Waals surface area contributed by atoms with Gasteiger partial charge in [-0.25, -0.2) is 4.98 Å². The Kier molecular flexibility index (Phi) is 4.83. The zero-order chi connectivity index (χ0) is 13.7. The van der Waals surface area contributed by atoms with Crippen molar-refractivity contribution in [1.82, 2.24) is 4.98 Å². The lowest BCUT2D eigenvalue weighted by molar-refractivity contribution is -0.140. The van der Waals surface area contributed by atoms with Crippen LogP contribution in [0.1, 0.15) is 6.92 Å². The van der Waals surface area contributed by atoms with Gasteiger partial charge in [0.05, 0.1) is 16.0 Å². The summed E-state index contributed by atoms with van der Waals surface area (Å²) in [6.07, 6.45) is 0. The van der Waals surface area contributed by atoms with Gasteiger partial charge in [0, 0.05) is 25.0 Å². The third-order valence-corrected chi connectivity index (χ3v) is 3.37. The second-order valence-electron chi connectivity index (χ2n) is 3.50. The first kappa shape index (κ1) is 13.9. The summed E-state index contributed by atoms with van der Waals surface area (Å²) >= 11 is 2.45. The van der Waals surface area contributed by atoms with E-state index in [-0.39, 0.29) is 12.6 Å². The Labute approximate surface area is 118 Å². The molecule has 102 valence electrons. The molecule has 0 spiro atoms. The fourth-order valence-corrected chi connectivity index (χ4v) is 2.40. The molecule has 8 heteroatoms. The largest absolute Gasteiger partial charge is 0.465 e. The van der Waals surface area contributed by atoms with Gasteiger partial charge in [-0.2, -0.15) is 0 Å². The van der Waals surface area contributed by atoms with Crippen LogP contribution in [0.4, 0.5) is 5.13 Å². The molecule has 1 aromatic carbocycles. The van der Waals surface area contributed by atoms with Crippen LogP contribution in [0.15, 0.2) is 18.2 Å². The molecule has 6 nitrogen and oxygen atoms in total. The molecule has 0 radical (unpaired) electrons. The molecule has 0 fully saturated rings. The number of anilines is 1. The summed E-state index contributed by atoms with van der Waals surface area (Å²) in [5.74, 6) is 0.751. The number of hydrogen-bond donors (Lipinski definition) is 1. The Morgan fingerprint density at radius 3 is 3.16 bits per heavy atom. The Bertz CT molecular complexity index is 573. The average Bonchev–Trinajstić information content (AvgIpc) is 2.72. The minimum absolute atomic E-state index is 0.285. The number of nitrogens with two attached hydrogens (primary N) is 1. The van der Waals surface area contributed by atoms with Gasteiger partial charge in [-0.05, 0) is 12.1 Å². The lowest BCUT2D eigenvalue weighted by atomic mass is 10.3. The number of nitrogens with zero attached hydrogens (tertiary/aromatic N) is 1. The summed E-state index contributed by atoms with van der Waals surface area (Å²) in [5.41, 5.74) is 6.44. The Morgan fingerprint density at radius 1 is 1.53 bits per heavy atom. The third-order valence-electron chi connectivity index (χ3n) is 2.03. The van der Waals surface area contributed by atoms with Crippen LogP contribution in [0.3, 0.4) is 0 Å². The van der Waals surface area contributed by atoms with Crippen molar-refractivity contribution in [2.24, 2.45) is 0 Å². The second kappa shape index (κ2) is 6.60. The maximum atomic E-state index is 10.5. The molecule has 0 saturated heterocycles. The van der Waals surface area contributed by atoms with Gasteiger partial charge < -0.3 is 15.4 Å². The third kappa shape index (κ3) is 4.27. The summed E-state index contributed by atoms with van der Waals surface area (Å²) in [5, 5.41) is 0.517. The van der Waals surface area contributed by atoms with Gasteiger partial charge in [0.1, 0.15) is 6.61 Å². The smallest absolute Gasteiger partial charge is 0.302 e. The summed E-state index contributed by atoms with van der Waals surface area (Å²) in [7, 11) is 0. The van der Waals surface area contributed by atoms with Crippen molar-refractivity contribution in [2.45, 2.75) is 6.92 Å². The number of nitrogen functional groups attached to an aromatic ring is 1. The van der Waals surface area contributed by atoms with Crippen LogP contribution in [0.25, 0.3) is 10.2 Å². The Morgan fingerprint density at radius 2 is 2.37 bits per heavy atom. The number of hydrogen-bond acceptors (Lipinski definition) is 8. The quantitative estimate of drug-likeness (QED) is 0.288. The highest BCUT2D eigenvalue weighted by Gasteiger charge is 2.04. The summed E-state index contributed by atoms with van der Waals surface area (Å²) in [6.45, 7) is 1.64. The van der Waals surface area contributed by atoms with Gasteiger partial charge >= 0.3 is 5.97 Å². The topological polar surface area (TPSA) is 83.7 Å². The van der Waals surface area contributed by atoms with Crippen LogP contribution in [-0.2, 0) is 13.9 Å². The van der Waals surface area contributed by atoms with Gasteiger partial charge in [-0.15, -0.1) is 4.33 Å². The second-order valence-corrected chi connectivity index (χ2v) is 5.34. The number of rotatable bonds is 6. The number of benzene rings is 1. The predicted molar refractivity (Wildman–Crippen MR) is 74.8 cm³/mol. The van der Waals surface area contributed by atoms with Gasteiger partial charge in [-0.3, -0.25) is 4.79 Å². The van der Waals surface area contributed by atoms with E-state index in [2.05, 4.69) is 4.98 Å². The highest BCUT2D eigenvalue weighted by molar-refractivity contribution is 7.94. The highest BCUT2D eigenvalue weighted by Crippen LogP contribution is 2.27. The molecule has 0 aliphatic heterocycles. The average molecular weight is 300 g/mol. The number of carbonyl (C=O) groups is 1. The number of esters is 1. The number of ether oxygens (including phenoxy) is 1. The van der Waals surface area contributed by atoms with Crippen LogP contribution < -0.4 is 10.6 Å². The van der Waals surface area contributed by atoms with Crippen LogP contribution in [0.2, 0.25) is 0 Å². The molecule has 19 heavy (non-hydrogen) atoms. The SMILES string of the molecule is CC(=O)OCCSOOc1ccc2nc(N)sc2c1. The zero-order valence-corrected chi connectivity index (χ0v) is 11.8. The number of thiazole rings is 1. The molecule has 0 bridgehead atoms. The number of carbonyl (C=O) groups excluding carboxylic acids is 1. The molecule has 0 atom stereocenters. The molecular formula is C11H12N2O4S2. The van der Waals surface area contributed by atoms with Gasteiger partial charge in [0.2, 0.25) is 0 Å². The normalized spacial score (nSPS) is 10.6. The Hall–Kier alpha value is -1.51. The zero-order valence-electron chi connectivity index (χ0n) is 10.1.